The number of carbonyl (C=O) groups is 3. The molecule has 2 heterocycles. The van der Waals surface area contributed by atoms with Crippen LogP contribution < -0.4 is 15.2 Å². The van der Waals surface area contributed by atoms with E-state index in [0.717, 1.165) is 5.69 Å². The molecule has 10 nitrogen and oxygen atoms in total. The lowest BCUT2D eigenvalue weighted by atomic mass is 10.0. The van der Waals surface area contributed by atoms with E-state index in [1.165, 1.54) is 17.7 Å². The summed E-state index contributed by atoms with van der Waals surface area (Å²) in [6.45, 7) is 0.995. The molecule has 10 heteroatoms. The van der Waals surface area contributed by atoms with Crippen LogP contribution in [0.25, 0.3) is 10.9 Å². The zero-order chi connectivity index (χ0) is 24.4. The molecule has 1 saturated heterocycles. The van der Waals surface area contributed by atoms with Crippen molar-refractivity contribution in [2.75, 3.05) is 24.7 Å². The molecule has 176 valence electrons. The van der Waals surface area contributed by atoms with Gasteiger partial charge < -0.3 is 29.2 Å². The fourth-order valence-corrected chi connectivity index (χ4v) is 3.78. The van der Waals surface area contributed by atoms with Crippen molar-refractivity contribution in [3.63, 3.8) is 0 Å². The largest absolute Gasteiger partial charge is 0.506 e. The van der Waals surface area contributed by atoms with Crippen molar-refractivity contribution in [3.05, 3.63) is 58.4 Å². The highest BCUT2D eigenvalue weighted by molar-refractivity contribution is 6.04. The van der Waals surface area contributed by atoms with Gasteiger partial charge in [0.15, 0.2) is 5.78 Å². The summed E-state index contributed by atoms with van der Waals surface area (Å²) in [6.07, 6.45) is -0.832. The Morgan fingerprint density at radius 3 is 2.44 bits per heavy atom. The molecule has 1 amide bonds. The first-order chi connectivity index (χ1) is 16.3. The summed E-state index contributed by atoms with van der Waals surface area (Å²) in [5.74, 6) is -1.62. The number of aromatic hydroxyl groups is 1. The van der Waals surface area contributed by atoms with Gasteiger partial charge in [0.25, 0.3) is 11.5 Å². The molecule has 1 aliphatic heterocycles. The monoisotopic (exact) mass is 466 g/mol. The number of carboxylic acid groups (broad SMARTS) is 1. The normalized spacial score (nSPS) is 13.8. The first-order valence-corrected chi connectivity index (χ1v) is 10.5. The third-order valence-electron chi connectivity index (χ3n) is 5.56. The number of rotatable bonds is 7. The first-order valence-electron chi connectivity index (χ1n) is 10.5. The molecule has 0 bridgehead atoms. The average Bonchev–Trinajstić information content (AvgIpc) is 2.82. The number of fused-ring (bicyclic) bond motifs is 1. The number of morpholine rings is 1. The van der Waals surface area contributed by atoms with Crippen LogP contribution in [0.4, 0.5) is 5.69 Å². The number of anilines is 1. The molecule has 0 atom stereocenters. The molecule has 0 radical (unpaired) electrons. The number of ether oxygens (including phenoxy) is 2. The number of benzene rings is 2. The molecule has 1 aliphatic rings. The van der Waals surface area contributed by atoms with Gasteiger partial charge in [0.05, 0.1) is 18.5 Å². The van der Waals surface area contributed by atoms with Crippen molar-refractivity contribution < 1.29 is 34.1 Å². The minimum atomic E-state index is -1.17. The van der Waals surface area contributed by atoms with Gasteiger partial charge in [-0.2, -0.15) is 0 Å². The van der Waals surface area contributed by atoms with E-state index < -0.39 is 41.5 Å². The number of amides is 1. The summed E-state index contributed by atoms with van der Waals surface area (Å²) in [6, 6.07) is 11.6. The molecule has 0 spiro atoms. The van der Waals surface area contributed by atoms with Crippen LogP contribution in [0.2, 0.25) is 0 Å². The third kappa shape index (κ3) is 4.48. The zero-order valence-corrected chi connectivity index (χ0v) is 18.3. The highest BCUT2D eigenvalue weighted by Gasteiger charge is 2.22. The maximum absolute atomic E-state index is 12.7. The molecule has 0 saturated carbocycles. The average molecular weight is 466 g/mol. The number of ketones is 1. The maximum atomic E-state index is 12.7. The second kappa shape index (κ2) is 9.36. The van der Waals surface area contributed by atoms with Crippen molar-refractivity contribution in [2.24, 2.45) is 7.05 Å². The van der Waals surface area contributed by atoms with Gasteiger partial charge in [0.1, 0.15) is 29.4 Å². The Hall–Kier alpha value is -4.18. The highest BCUT2D eigenvalue weighted by atomic mass is 16.5. The topological polar surface area (TPSA) is 135 Å². The molecule has 3 aromatic rings. The van der Waals surface area contributed by atoms with Crippen molar-refractivity contribution in [1.82, 2.24) is 4.57 Å². The lowest BCUT2D eigenvalue weighted by molar-refractivity contribution is -0.137. The Bertz CT molecular complexity index is 1340. The third-order valence-corrected chi connectivity index (χ3v) is 5.56. The van der Waals surface area contributed by atoms with Crippen molar-refractivity contribution in [2.45, 2.75) is 12.8 Å². The number of aromatic nitrogens is 1. The van der Waals surface area contributed by atoms with Gasteiger partial charge >= 0.3 is 5.97 Å². The number of aliphatic carboxylic acids is 1. The van der Waals surface area contributed by atoms with E-state index in [9.17, 15) is 24.3 Å². The minimum absolute atomic E-state index is 0.0494. The highest BCUT2D eigenvalue weighted by Crippen LogP contribution is 2.32. The van der Waals surface area contributed by atoms with Crippen LogP contribution in [0, 0.1) is 0 Å². The van der Waals surface area contributed by atoms with Gasteiger partial charge in [-0.1, -0.05) is 0 Å². The van der Waals surface area contributed by atoms with Gasteiger partial charge in [0.2, 0.25) is 0 Å². The van der Waals surface area contributed by atoms with Crippen LogP contribution >= 0.6 is 0 Å². The molecule has 0 unspecified atom stereocenters. The van der Waals surface area contributed by atoms with E-state index in [4.69, 9.17) is 14.6 Å². The molecule has 2 aromatic carbocycles. The SMILES string of the molecule is Cn1c(=O)c(C(=O)CCC(=O)O)c(O)c2ccc(Oc3ccc(N4CCOCC4=O)cc3)cc21. The van der Waals surface area contributed by atoms with Gasteiger partial charge in [-0.15, -0.1) is 0 Å². The Balaban J connectivity index is 1.60. The van der Waals surface area contributed by atoms with Gasteiger partial charge in [-0.25, -0.2) is 0 Å². The summed E-state index contributed by atoms with van der Waals surface area (Å²) < 4.78 is 12.2. The predicted molar refractivity (Wildman–Crippen MR) is 122 cm³/mol. The van der Waals surface area contributed by atoms with Crippen molar-refractivity contribution in [3.8, 4) is 17.2 Å². The summed E-state index contributed by atoms with van der Waals surface area (Å²) >= 11 is 0. The van der Waals surface area contributed by atoms with Gasteiger partial charge in [-0.05, 0) is 36.4 Å². The van der Waals surface area contributed by atoms with Crippen LogP contribution in [0.15, 0.2) is 47.3 Å². The fraction of sp³-hybridized carbons (Fsp3) is 0.250. The smallest absolute Gasteiger partial charge is 0.303 e. The molecular weight excluding hydrogens is 444 g/mol. The van der Waals surface area contributed by atoms with E-state index in [1.54, 1.807) is 41.3 Å². The number of carboxylic acids is 1. The van der Waals surface area contributed by atoms with E-state index in [1.807, 2.05) is 0 Å². The number of hydrogen-bond acceptors (Lipinski definition) is 7. The lowest BCUT2D eigenvalue weighted by Crippen LogP contribution is -2.41. The van der Waals surface area contributed by atoms with Gasteiger partial charge in [0, 0.05) is 37.2 Å². The molecule has 1 fully saturated rings. The summed E-state index contributed by atoms with van der Waals surface area (Å²) in [5, 5.41) is 19.6. The minimum Gasteiger partial charge on any atom is -0.506 e. The molecule has 4 rings (SSSR count). The number of nitrogens with zero attached hydrogens (tertiary/aromatic N) is 2. The number of pyridine rings is 1. The van der Waals surface area contributed by atoms with Crippen LogP contribution in [0.5, 0.6) is 17.2 Å². The molecule has 1 aromatic heterocycles. The van der Waals surface area contributed by atoms with Crippen LogP contribution in [-0.2, 0) is 21.4 Å². The Morgan fingerprint density at radius 2 is 1.76 bits per heavy atom. The molecular formula is C24H22N2O8. The van der Waals surface area contributed by atoms with Crippen LogP contribution in [0.3, 0.4) is 0 Å². The van der Waals surface area contributed by atoms with Crippen molar-refractivity contribution in [1.29, 1.82) is 0 Å². The molecule has 2 N–H and O–H groups in total. The van der Waals surface area contributed by atoms with Gasteiger partial charge in [-0.3, -0.25) is 19.2 Å². The maximum Gasteiger partial charge on any atom is 0.303 e. The summed E-state index contributed by atoms with van der Waals surface area (Å²) in [7, 11) is 1.45. The van der Waals surface area contributed by atoms with E-state index >= 15 is 0 Å². The fourth-order valence-electron chi connectivity index (χ4n) is 3.78. The van der Waals surface area contributed by atoms with Crippen molar-refractivity contribution >= 4 is 34.3 Å². The number of Topliss-reactive ketones (excluding diaryl/α,β-unsaturated/α-hetero) is 1. The van der Waals surface area contributed by atoms with Crippen LogP contribution in [-0.4, -0.2) is 52.2 Å². The van der Waals surface area contributed by atoms with E-state index in [-0.39, 0.29) is 17.9 Å². The second-order valence-electron chi connectivity index (χ2n) is 7.78. The standard InChI is InChI=1S/C24H22N2O8/c1-25-18-12-16(34-15-4-2-14(3-5-15)26-10-11-33-13-20(26)28)6-7-17(18)23(31)22(24(25)32)19(27)8-9-21(29)30/h2-7,12,31H,8-11,13H2,1H3,(H,29,30). The quantitative estimate of drug-likeness (QED) is 0.507. The number of carbonyl (C=O) groups excluding carboxylic acids is 2. The van der Waals surface area contributed by atoms with E-state index in [0.29, 0.717) is 30.2 Å². The van der Waals surface area contributed by atoms with E-state index in [2.05, 4.69) is 0 Å². The second-order valence-corrected chi connectivity index (χ2v) is 7.78. The lowest BCUT2D eigenvalue weighted by Gasteiger charge is -2.26. The summed E-state index contributed by atoms with van der Waals surface area (Å²) in [4.78, 5) is 49.5. The molecule has 0 aliphatic carbocycles. The Kier molecular flexibility index (Phi) is 6.33. The zero-order valence-electron chi connectivity index (χ0n) is 18.3. The number of aryl methyl sites for hydroxylation is 1. The summed E-state index contributed by atoms with van der Waals surface area (Å²) in [5.41, 5.74) is -0.0906. The predicted octanol–water partition coefficient (Wildman–Crippen LogP) is 2.45. The first kappa shape index (κ1) is 23.0. The number of hydrogen-bond donors (Lipinski definition) is 2. The Labute approximate surface area is 193 Å². The molecule has 34 heavy (non-hydrogen) atoms. The van der Waals surface area contributed by atoms with Crippen LogP contribution in [0.1, 0.15) is 23.2 Å². The Morgan fingerprint density at radius 1 is 1.06 bits per heavy atom.